The molecule has 0 radical (unpaired) electrons. The Bertz CT molecular complexity index is 1120. The van der Waals surface area contributed by atoms with Gasteiger partial charge in [-0.15, -0.1) is 0 Å². The van der Waals surface area contributed by atoms with Gasteiger partial charge in [0.15, 0.2) is 0 Å². The summed E-state index contributed by atoms with van der Waals surface area (Å²) in [6.45, 7) is 6.47. The van der Waals surface area contributed by atoms with Gasteiger partial charge in [-0.25, -0.2) is 9.59 Å². The van der Waals surface area contributed by atoms with Gasteiger partial charge in [0.05, 0.1) is 19.6 Å². The first-order valence-corrected chi connectivity index (χ1v) is 13.9. The molecule has 222 valence electrons. The van der Waals surface area contributed by atoms with Crippen molar-refractivity contribution in [3.63, 3.8) is 0 Å². The Kier molecular flexibility index (Phi) is 11.6. The molecule has 0 aliphatic carbocycles. The van der Waals surface area contributed by atoms with Crippen LogP contribution in [0.25, 0.3) is 0 Å². The number of hydrogen-bond acceptors (Lipinski definition) is 9. The van der Waals surface area contributed by atoms with E-state index in [4.69, 9.17) is 9.47 Å². The van der Waals surface area contributed by atoms with Crippen molar-refractivity contribution in [2.45, 2.75) is 57.1 Å². The van der Waals surface area contributed by atoms with Crippen molar-refractivity contribution in [3.05, 3.63) is 47.5 Å². The molecule has 41 heavy (non-hydrogen) atoms. The molecule has 1 unspecified atom stereocenters. The summed E-state index contributed by atoms with van der Waals surface area (Å²) in [5.41, 5.74) is 0.201. The van der Waals surface area contributed by atoms with Crippen LogP contribution < -0.4 is 5.32 Å². The summed E-state index contributed by atoms with van der Waals surface area (Å²) in [6.07, 6.45) is 2.01. The molecule has 2 aliphatic rings. The molecule has 1 aromatic carbocycles. The average Bonchev–Trinajstić information content (AvgIpc) is 3.20. The Balaban J connectivity index is 1.62. The van der Waals surface area contributed by atoms with Crippen molar-refractivity contribution in [3.8, 4) is 6.07 Å². The molecular formula is C28H40BN5O7. The highest BCUT2D eigenvalue weighted by molar-refractivity contribution is 6.43. The number of nitrogens with one attached hydrogen (secondary N) is 1. The number of carbonyl (C=O) groups excluding carboxylic acids is 3. The maximum absolute atomic E-state index is 13.4. The zero-order valence-electron chi connectivity index (χ0n) is 24.0. The number of nitrogens with zero attached hydrogens (tertiary/aromatic N) is 4. The largest absolute Gasteiger partial charge is 0.475 e. The van der Waals surface area contributed by atoms with Gasteiger partial charge in [0.25, 0.3) is 5.91 Å². The van der Waals surface area contributed by atoms with E-state index in [0.29, 0.717) is 45.6 Å². The molecule has 12 nitrogen and oxygen atoms in total. The van der Waals surface area contributed by atoms with Crippen LogP contribution in [0.4, 0.5) is 9.59 Å². The van der Waals surface area contributed by atoms with E-state index >= 15 is 0 Å². The summed E-state index contributed by atoms with van der Waals surface area (Å²) in [6, 6.07) is 11.2. The number of benzene rings is 1. The zero-order valence-corrected chi connectivity index (χ0v) is 24.0. The second-order valence-electron chi connectivity index (χ2n) is 10.9. The molecule has 0 saturated carbocycles. The van der Waals surface area contributed by atoms with E-state index in [1.165, 1.54) is 12.0 Å². The Morgan fingerprint density at radius 2 is 1.80 bits per heavy atom. The number of hydrogen-bond donors (Lipinski definition) is 3. The van der Waals surface area contributed by atoms with Gasteiger partial charge in [0, 0.05) is 38.3 Å². The molecular weight excluding hydrogens is 529 g/mol. The molecule has 2 atom stereocenters. The van der Waals surface area contributed by atoms with Crippen LogP contribution >= 0.6 is 0 Å². The minimum atomic E-state index is -1.79. The van der Waals surface area contributed by atoms with Gasteiger partial charge >= 0.3 is 19.3 Å². The highest BCUT2D eigenvalue weighted by atomic mass is 16.6. The monoisotopic (exact) mass is 569 g/mol. The SMILES string of the molecule is COC(=O)N1CCN(C(C)(C)C=C(C#N)C(=O)N2CCCC[C@H](OC(=O)NC(Cc3ccccc3)B(O)O)C2)CC1. The Morgan fingerprint density at radius 3 is 2.41 bits per heavy atom. The predicted octanol–water partition coefficient (Wildman–Crippen LogP) is 1.33. The first kappa shape index (κ1) is 31.9. The van der Waals surface area contributed by atoms with Crippen LogP contribution in [0.2, 0.25) is 0 Å². The van der Waals surface area contributed by atoms with Gasteiger partial charge in [0.1, 0.15) is 17.7 Å². The van der Waals surface area contributed by atoms with Gasteiger partial charge in [-0.2, -0.15) is 5.26 Å². The molecule has 0 aromatic heterocycles. The molecule has 2 fully saturated rings. The van der Waals surface area contributed by atoms with Crippen LogP contribution in [0, 0.1) is 11.3 Å². The minimum Gasteiger partial charge on any atom is -0.453 e. The predicted molar refractivity (Wildman–Crippen MR) is 151 cm³/mol. The van der Waals surface area contributed by atoms with Crippen molar-refractivity contribution in [1.29, 1.82) is 5.26 Å². The first-order valence-electron chi connectivity index (χ1n) is 13.9. The lowest BCUT2D eigenvalue weighted by Crippen LogP contribution is -2.55. The number of rotatable bonds is 8. The molecule has 3 N–H and O–H groups in total. The Morgan fingerprint density at radius 1 is 1.12 bits per heavy atom. The quantitative estimate of drug-likeness (QED) is 0.239. The standard InChI is InChI=1S/C28H40BN5O7/c1-28(2,34-15-13-32(14-16-34)27(37)40-3)18-22(19-30)25(35)33-12-8-7-11-23(20-33)41-26(36)31-24(29(38)39)17-21-9-5-4-6-10-21/h4-6,9-10,18,23-24,38-39H,7-8,11-17,20H2,1-3H3,(H,31,36)/t23-,24?/m0/s1. The minimum absolute atomic E-state index is 0.00169. The van der Waals surface area contributed by atoms with Crippen LogP contribution in [-0.4, -0.2) is 114 Å². The summed E-state index contributed by atoms with van der Waals surface area (Å²) < 4.78 is 10.4. The van der Waals surface area contributed by atoms with E-state index in [1.807, 2.05) is 44.2 Å². The van der Waals surface area contributed by atoms with E-state index < -0.39 is 36.7 Å². The van der Waals surface area contributed by atoms with Gasteiger partial charge in [-0.1, -0.05) is 30.3 Å². The van der Waals surface area contributed by atoms with Gasteiger partial charge < -0.3 is 34.6 Å². The Labute approximate surface area is 241 Å². The number of likely N-dealkylation sites (tertiary alicyclic amines) is 1. The second-order valence-corrected chi connectivity index (χ2v) is 10.9. The molecule has 2 aliphatic heterocycles. The molecule has 2 saturated heterocycles. The fourth-order valence-corrected chi connectivity index (χ4v) is 5.17. The number of ether oxygens (including phenoxy) is 2. The van der Waals surface area contributed by atoms with Gasteiger partial charge in [-0.3, -0.25) is 9.69 Å². The van der Waals surface area contributed by atoms with Gasteiger partial charge in [0.2, 0.25) is 0 Å². The molecule has 1 aromatic rings. The van der Waals surface area contributed by atoms with Crippen LogP contribution in [0.1, 0.15) is 38.7 Å². The number of nitriles is 1. The summed E-state index contributed by atoms with van der Waals surface area (Å²) in [4.78, 5) is 43.2. The normalized spacial score (nSPS) is 19.4. The lowest BCUT2D eigenvalue weighted by molar-refractivity contribution is -0.127. The van der Waals surface area contributed by atoms with Crippen LogP contribution in [0.15, 0.2) is 42.0 Å². The third-order valence-corrected chi connectivity index (χ3v) is 7.53. The summed E-state index contributed by atoms with van der Waals surface area (Å²) in [5, 5.41) is 32.0. The lowest BCUT2D eigenvalue weighted by Gasteiger charge is -2.42. The van der Waals surface area contributed by atoms with E-state index in [0.717, 1.165) is 12.0 Å². The average molecular weight is 569 g/mol. The van der Waals surface area contributed by atoms with Crippen molar-refractivity contribution in [1.82, 2.24) is 20.0 Å². The van der Waals surface area contributed by atoms with E-state index in [2.05, 4.69) is 16.3 Å². The van der Waals surface area contributed by atoms with Crippen LogP contribution in [0.5, 0.6) is 0 Å². The smallest absolute Gasteiger partial charge is 0.453 e. The maximum atomic E-state index is 13.4. The highest BCUT2D eigenvalue weighted by Gasteiger charge is 2.34. The lowest BCUT2D eigenvalue weighted by atomic mass is 9.76. The third-order valence-electron chi connectivity index (χ3n) is 7.53. The summed E-state index contributed by atoms with van der Waals surface area (Å²) in [7, 11) is -0.440. The van der Waals surface area contributed by atoms with E-state index in [9.17, 15) is 29.7 Å². The molecule has 0 bridgehead atoms. The molecule has 0 spiro atoms. The van der Waals surface area contributed by atoms with Crippen molar-refractivity contribution in [2.24, 2.45) is 0 Å². The summed E-state index contributed by atoms with van der Waals surface area (Å²) >= 11 is 0. The fourth-order valence-electron chi connectivity index (χ4n) is 5.17. The Hall–Kier alpha value is -3.60. The van der Waals surface area contributed by atoms with Crippen molar-refractivity contribution in [2.75, 3.05) is 46.4 Å². The third kappa shape index (κ3) is 9.21. The van der Waals surface area contributed by atoms with Crippen molar-refractivity contribution < 1.29 is 33.9 Å². The topological polar surface area (TPSA) is 156 Å². The van der Waals surface area contributed by atoms with E-state index in [1.54, 1.807) is 11.0 Å². The molecule has 2 heterocycles. The second kappa shape index (κ2) is 14.9. The first-order chi connectivity index (χ1) is 19.5. The zero-order chi connectivity index (χ0) is 30.0. The van der Waals surface area contributed by atoms with Crippen LogP contribution in [-0.2, 0) is 20.7 Å². The van der Waals surface area contributed by atoms with Gasteiger partial charge in [-0.05, 0) is 51.2 Å². The number of piperazine rings is 1. The van der Waals surface area contributed by atoms with Crippen LogP contribution in [0.3, 0.4) is 0 Å². The number of amides is 3. The highest BCUT2D eigenvalue weighted by Crippen LogP contribution is 2.23. The molecule has 13 heteroatoms. The molecule has 3 rings (SSSR count). The fraction of sp³-hybridized carbons (Fsp3) is 0.571. The molecule has 3 amide bonds. The number of alkyl carbamates (subject to hydrolysis) is 1. The number of carbonyl (C=O) groups is 3. The number of methoxy groups -OCH3 is 1. The maximum Gasteiger partial charge on any atom is 0.475 e. The van der Waals surface area contributed by atoms with E-state index in [-0.39, 0.29) is 24.6 Å². The summed E-state index contributed by atoms with van der Waals surface area (Å²) in [5.74, 6) is -1.41. The van der Waals surface area contributed by atoms with Crippen molar-refractivity contribution >= 4 is 25.2 Å².